The Labute approximate surface area is 102 Å². The number of benzene rings is 1. The maximum Gasteiger partial charge on any atom is 0.142 e. The molecule has 0 heterocycles. The Balaban J connectivity index is 2.62. The first-order valence-corrected chi connectivity index (χ1v) is 5.66. The first kappa shape index (κ1) is 13.1. The summed E-state index contributed by atoms with van der Waals surface area (Å²) < 4.78 is 5.23. The zero-order valence-corrected chi connectivity index (χ0v) is 10.8. The molecule has 0 aliphatic heterocycles. The molecule has 0 saturated heterocycles. The summed E-state index contributed by atoms with van der Waals surface area (Å²) in [7, 11) is 1.64. The molecule has 3 N–H and O–H groups in total. The minimum Gasteiger partial charge on any atom is -0.495 e. The average Bonchev–Trinajstić information content (AvgIpc) is 2.16. The Bertz CT molecular complexity index is 347. The first-order valence-electron chi connectivity index (χ1n) is 5.29. The summed E-state index contributed by atoms with van der Waals surface area (Å²) in [6.07, 6.45) is 0.878. The van der Waals surface area contributed by atoms with E-state index in [1.807, 2.05) is 26.0 Å². The lowest BCUT2D eigenvalue weighted by Crippen LogP contribution is -2.34. The summed E-state index contributed by atoms with van der Waals surface area (Å²) in [6.45, 7) is 4.80. The summed E-state index contributed by atoms with van der Waals surface area (Å²) >= 11 is 5.92. The molecular weight excluding hydrogens is 224 g/mol. The van der Waals surface area contributed by atoms with E-state index in [0.717, 1.165) is 24.4 Å². The Morgan fingerprint density at radius 2 is 2.12 bits per heavy atom. The van der Waals surface area contributed by atoms with Crippen molar-refractivity contribution in [2.24, 2.45) is 5.73 Å². The molecule has 1 aromatic carbocycles. The molecule has 0 fully saturated rings. The van der Waals surface area contributed by atoms with Gasteiger partial charge in [0.2, 0.25) is 0 Å². The van der Waals surface area contributed by atoms with Crippen LogP contribution in [0.2, 0.25) is 5.02 Å². The highest BCUT2D eigenvalue weighted by Gasteiger charge is 2.10. The SMILES string of the molecule is COc1ccc(Cl)cc1NCCC(C)(C)N. The Morgan fingerprint density at radius 3 is 2.69 bits per heavy atom. The highest BCUT2D eigenvalue weighted by atomic mass is 35.5. The summed E-state index contributed by atoms with van der Waals surface area (Å²) in [4.78, 5) is 0. The van der Waals surface area contributed by atoms with Gasteiger partial charge in [-0.15, -0.1) is 0 Å². The zero-order valence-electron chi connectivity index (χ0n) is 10.0. The number of nitrogens with one attached hydrogen (secondary N) is 1. The minimum absolute atomic E-state index is 0.168. The molecule has 90 valence electrons. The summed E-state index contributed by atoms with van der Waals surface area (Å²) in [5, 5.41) is 3.96. The van der Waals surface area contributed by atoms with Crippen LogP contribution in [0.3, 0.4) is 0 Å². The van der Waals surface area contributed by atoms with E-state index in [4.69, 9.17) is 22.1 Å². The smallest absolute Gasteiger partial charge is 0.142 e. The van der Waals surface area contributed by atoms with Crippen molar-refractivity contribution in [1.29, 1.82) is 0 Å². The molecule has 0 unspecified atom stereocenters. The lowest BCUT2D eigenvalue weighted by atomic mass is 10.0. The van der Waals surface area contributed by atoms with Gasteiger partial charge in [0.15, 0.2) is 0 Å². The number of methoxy groups -OCH3 is 1. The number of rotatable bonds is 5. The van der Waals surface area contributed by atoms with Gasteiger partial charge in [-0.05, 0) is 38.5 Å². The van der Waals surface area contributed by atoms with Gasteiger partial charge in [-0.25, -0.2) is 0 Å². The first-order chi connectivity index (χ1) is 7.42. The van der Waals surface area contributed by atoms with Gasteiger partial charge in [-0.3, -0.25) is 0 Å². The van der Waals surface area contributed by atoms with Crippen molar-refractivity contribution in [1.82, 2.24) is 0 Å². The van der Waals surface area contributed by atoms with E-state index < -0.39 is 0 Å². The lowest BCUT2D eigenvalue weighted by molar-refractivity contribution is 0.416. The normalized spacial score (nSPS) is 11.3. The predicted octanol–water partition coefficient (Wildman–Crippen LogP) is 2.89. The molecule has 0 aliphatic carbocycles. The quantitative estimate of drug-likeness (QED) is 0.835. The van der Waals surface area contributed by atoms with Crippen LogP contribution in [-0.4, -0.2) is 19.2 Å². The third-order valence-electron chi connectivity index (χ3n) is 2.25. The van der Waals surface area contributed by atoms with E-state index in [-0.39, 0.29) is 5.54 Å². The highest BCUT2D eigenvalue weighted by molar-refractivity contribution is 6.30. The van der Waals surface area contributed by atoms with Crippen LogP contribution in [0.25, 0.3) is 0 Å². The van der Waals surface area contributed by atoms with Crippen LogP contribution in [0.5, 0.6) is 5.75 Å². The third kappa shape index (κ3) is 4.29. The van der Waals surface area contributed by atoms with Gasteiger partial charge >= 0.3 is 0 Å². The van der Waals surface area contributed by atoms with Gasteiger partial charge < -0.3 is 15.8 Å². The number of ether oxygens (including phenoxy) is 1. The van der Waals surface area contributed by atoms with E-state index in [9.17, 15) is 0 Å². The van der Waals surface area contributed by atoms with Crippen molar-refractivity contribution < 1.29 is 4.74 Å². The molecule has 0 aromatic heterocycles. The van der Waals surface area contributed by atoms with Crippen LogP contribution in [0.1, 0.15) is 20.3 Å². The fourth-order valence-electron chi connectivity index (χ4n) is 1.34. The van der Waals surface area contributed by atoms with Crippen LogP contribution in [0, 0.1) is 0 Å². The fraction of sp³-hybridized carbons (Fsp3) is 0.500. The highest BCUT2D eigenvalue weighted by Crippen LogP contribution is 2.27. The van der Waals surface area contributed by atoms with Gasteiger partial charge in [-0.1, -0.05) is 11.6 Å². The zero-order chi connectivity index (χ0) is 12.2. The van der Waals surface area contributed by atoms with Gasteiger partial charge in [0.25, 0.3) is 0 Å². The van der Waals surface area contributed by atoms with Crippen LogP contribution in [0.4, 0.5) is 5.69 Å². The number of nitrogens with two attached hydrogens (primary N) is 1. The maximum atomic E-state index is 5.92. The Kier molecular flexibility index (Phi) is 4.44. The van der Waals surface area contributed by atoms with Gasteiger partial charge in [-0.2, -0.15) is 0 Å². The second-order valence-electron chi connectivity index (χ2n) is 4.51. The van der Waals surface area contributed by atoms with Gasteiger partial charge in [0.05, 0.1) is 12.8 Å². The molecule has 3 nitrogen and oxygen atoms in total. The molecule has 16 heavy (non-hydrogen) atoms. The van der Waals surface area contributed by atoms with Crippen molar-refractivity contribution >= 4 is 17.3 Å². The molecule has 0 amide bonds. The molecule has 0 saturated carbocycles. The second kappa shape index (κ2) is 5.41. The molecule has 0 spiro atoms. The van der Waals surface area contributed by atoms with Crippen molar-refractivity contribution in [3.8, 4) is 5.75 Å². The summed E-state index contributed by atoms with van der Waals surface area (Å²) in [5.41, 5.74) is 6.64. The largest absolute Gasteiger partial charge is 0.495 e. The van der Waals surface area contributed by atoms with E-state index in [0.29, 0.717) is 5.02 Å². The lowest BCUT2D eigenvalue weighted by Gasteiger charge is -2.19. The van der Waals surface area contributed by atoms with Gasteiger partial charge in [0.1, 0.15) is 5.75 Å². The molecule has 1 aromatic rings. The topological polar surface area (TPSA) is 47.3 Å². The van der Waals surface area contributed by atoms with Crippen molar-refractivity contribution in [3.05, 3.63) is 23.2 Å². The van der Waals surface area contributed by atoms with Crippen LogP contribution < -0.4 is 15.8 Å². The Hall–Kier alpha value is -0.930. The van der Waals surface area contributed by atoms with Gasteiger partial charge in [0, 0.05) is 17.1 Å². The van der Waals surface area contributed by atoms with Crippen LogP contribution >= 0.6 is 11.6 Å². The summed E-state index contributed by atoms with van der Waals surface area (Å²) in [5.74, 6) is 0.791. The number of hydrogen-bond acceptors (Lipinski definition) is 3. The van der Waals surface area contributed by atoms with Crippen molar-refractivity contribution in [2.75, 3.05) is 19.0 Å². The van der Waals surface area contributed by atoms with E-state index in [1.54, 1.807) is 13.2 Å². The van der Waals surface area contributed by atoms with Crippen molar-refractivity contribution in [2.45, 2.75) is 25.8 Å². The second-order valence-corrected chi connectivity index (χ2v) is 4.95. The third-order valence-corrected chi connectivity index (χ3v) is 2.48. The molecule has 0 atom stereocenters. The van der Waals surface area contributed by atoms with E-state index in [2.05, 4.69) is 5.32 Å². The number of anilines is 1. The molecule has 4 heteroatoms. The minimum atomic E-state index is -0.168. The monoisotopic (exact) mass is 242 g/mol. The standard InChI is InChI=1S/C12H19ClN2O/c1-12(2,14)6-7-15-10-8-9(13)4-5-11(10)16-3/h4-5,8,15H,6-7,14H2,1-3H3. The molecule has 0 radical (unpaired) electrons. The molecular formula is C12H19ClN2O. The Morgan fingerprint density at radius 1 is 1.44 bits per heavy atom. The maximum absolute atomic E-state index is 5.92. The molecule has 1 rings (SSSR count). The fourth-order valence-corrected chi connectivity index (χ4v) is 1.51. The van der Waals surface area contributed by atoms with Crippen LogP contribution in [0.15, 0.2) is 18.2 Å². The molecule has 0 aliphatic rings. The van der Waals surface area contributed by atoms with E-state index in [1.165, 1.54) is 0 Å². The van der Waals surface area contributed by atoms with Crippen LogP contribution in [-0.2, 0) is 0 Å². The average molecular weight is 243 g/mol. The number of hydrogen-bond donors (Lipinski definition) is 2. The molecule has 0 bridgehead atoms. The predicted molar refractivity (Wildman–Crippen MR) is 69.4 cm³/mol. The number of halogens is 1. The van der Waals surface area contributed by atoms with Crippen molar-refractivity contribution in [3.63, 3.8) is 0 Å². The van der Waals surface area contributed by atoms with E-state index >= 15 is 0 Å². The summed E-state index contributed by atoms with van der Waals surface area (Å²) in [6, 6.07) is 5.50.